The van der Waals surface area contributed by atoms with E-state index in [-0.39, 0.29) is 44.0 Å². The van der Waals surface area contributed by atoms with E-state index < -0.39 is 6.10 Å². The maximum atomic E-state index is 12.9. The van der Waals surface area contributed by atoms with Gasteiger partial charge in [-0.05, 0) is 161 Å². The van der Waals surface area contributed by atoms with Crippen molar-refractivity contribution in [3.05, 3.63) is 207 Å². The molecule has 0 aliphatic rings. The molecule has 0 saturated carbocycles. The molecule has 6 nitrogen and oxygen atoms in total. The van der Waals surface area contributed by atoms with Crippen LogP contribution in [0.5, 0.6) is 0 Å². The molecule has 0 aliphatic heterocycles. The minimum absolute atomic E-state index is 0.132. The van der Waals surface area contributed by atoms with Crippen LogP contribution in [0, 0.1) is 0 Å². The normalized spacial score (nSPS) is 13.6. The maximum absolute atomic E-state index is 12.9. The van der Waals surface area contributed by atoms with E-state index in [2.05, 4.69) is 227 Å². The van der Waals surface area contributed by atoms with Gasteiger partial charge < -0.3 is 14.2 Å². The highest BCUT2D eigenvalue weighted by molar-refractivity contribution is 5.71. The zero-order chi connectivity index (χ0) is 58.5. The van der Waals surface area contributed by atoms with Gasteiger partial charge in [-0.3, -0.25) is 14.4 Å². The predicted octanol–water partition coefficient (Wildman–Crippen LogP) is 22.0. The summed E-state index contributed by atoms with van der Waals surface area (Å²) in [5.41, 5.74) is 0. The second-order valence-electron chi connectivity index (χ2n) is 19.8. The van der Waals surface area contributed by atoms with Crippen LogP contribution in [0.25, 0.3) is 0 Å². The van der Waals surface area contributed by atoms with Gasteiger partial charge in [-0.1, -0.05) is 253 Å². The first-order valence-electron chi connectivity index (χ1n) is 31.6. The Morgan fingerprint density at radius 2 is 0.457 bits per heavy atom. The van der Waals surface area contributed by atoms with Crippen LogP contribution in [0.4, 0.5) is 0 Å². The first-order valence-corrected chi connectivity index (χ1v) is 31.6. The van der Waals surface area contributed by atoms with Crippen molar-refractivity contribution in [3.63, 3.8) is 0 Å². The Morgan fingerprint density at radius 3 is 0.753 bits per heavy atom. The molecule has 0 aromatic rings. The molecule has 6 heteroatoms. The summed E-state index contributed by atoms with van der Waals surface area (Å²) in [6.45, 7) is 6.18. The standard InChI is InChI=1S/C75H112O6/c1-4-7-10-13-16-19-22-25-28-31-33-34-35-36-37-38-39-40-42-44-47-50-53-56-59-62-65-68-74(77)80-71-72(70-79-73(76)67-64-61-58-55-52-49-46-43-30-27-24-21-18-15-12-9-6-3)81-75(78)69-66-63-60-57-54-51-48-45-41-32-29-26-23-20-17-14-11-8-5-2/h7-12,16-21,25-30,33-34,36-37,39-41,44-47,49,51,54-55,58,72H,4-6,13-15,22-24,31-32,35,38,42-43,48,50,52-53,56-57,59-71H2,1-3H3/b10-7-,11-8-,12-9-,19-16-,20-17-,21-18-,28-25-,29-26-,30-27-,34-33-,37-36-,40-39-,45-41-,47-44-,49-46-,54-51-,58-55-. The lowest BCUT2D eigenvalue weighted by atomic mass is 10.1. The first-order chi connectivity index (χ1) is 40.0. The predicted molar refractivity (Wildman–Crippen MR) is 352 cm³/mol. The molecule has 0 heterocycles. The molecular formula is C75H112O6. The molecule has 0 aromatic carbocycles. The molecule has 0 amide bonds. The first kappa shape index (κ1) is 75.0. The lowest BCUT2D eigenvalue weighted by Crippen LogP contribution is -2.30. The molecule has 0 saturated heterocycles. The Balaban J connectivity index is 4.58. The molecule has 0 spiro atoms. The van der Waals surface area contributed by atoms with Crippen molar-refractivity contribution < 1.29 is 28.6 Å². The summed E-state index contributed by atoms with van der Waals surface area (Å²) in [5.74, 6) is -1.05. The molecule has 448 valence electrons. The zero-order valence-corrected chi connectivity index (χ0v) is 51.2. The molecule has 1 unspecified atom stereocenters. The average molecular weight is 1110 g/mol. The van der Waals surface area contributed by atoms with E-state index in [1.165, 1.54) is 0 Å². The summed E-state index contributed by atoms with van der Waals surface area (Å²) < 4.78 is 16.8. The molecule has 0 aromatic heterocycles. The van der Waals surface area contributed by atoms with E-state index in [4.69, 9.17) is 14.2 Å². The monoisotopic (exact) mass is 1110 g/mol. The van der Waals surface area contributed by atoms with E-state index in [1.54, 1.807) is 0 Å². The third-order valence-corrected chi connectivity index (χ3v) is 12.3. The van der Waals surface area contributed by atoms with Crippen molar-refractivity contribution in [2.24, 2.45) is 0 Å². The fourth-order valence-corrected chi connectivity index (χ4v) is 7.66. The number of carbonyl (C=O) groups excluding carboxylic acids is 3. The number of hydrogen-bond acceptors (Lipinski definition) is 6. The van der Waals surface area contributed by atoms with E-state index in [0.717, 1.165) is 173 Å². The van der Waals surface area contributed by atoms with Gasteiger partial charge in [0.15, 0.2) is 6.10 Å². The summed E-state index contributed by atoms with van der Waals surface area (Å²) in [4.78, 5) is 38.3. The quantitative estimate of drug-likeness (QED) is 0.0261. The van der Waals surface area contributed by atoms with Crippen LogP contribution in [-0.4, -0.2) is 37.2 Å². The second kappa shape index (κ2) is 66.5. The van der Waals surface area contributed by atoms with E-state index in [0.29, 0.717) is 19.3 Å². The van der Waals surface area contributed by atoms with E-state index >= 15 is 0 Å². The summed E-state index contributed by atoms with van der Waals surface area (Å²) in [6, 6.07) is 0. The van der Waals surface area contributed by atoms with Crippen LogP contribution in [0.15, 0.2) is 207 Å². The molecule has 0 aliphatic carbocycles. The third kappa shape index (κ3) is 64.7. The van der Waals surface area contributed by atoms with Gasteiger partial charge in [0.2, 0.25) is 0 Å². The van der Waals surface area contributed by atoms with Crippen LogP contribution in [0.2, 0.25) is 0 Å². The summed E-state index contributed by atoms with van der Waals surface area (Å²) in [7, 11) is 0. The van der Waals surface area contributed by atoms with Crippen LogP contribution in [0.1, 0.15) is 226 Å². The molecule has 81 heavy (non-hydrogen) atoms. The second-order valence-corrected chi connectivity index (χ2v) is 19.8. The fourth-order valence-electron chi connectivity index (χ4n) is 7.66. The van der Waals surface area contributed by atoms with E-state index in [9.17, 15) is 14.4 Å². The van der Waals surface area contributed by atoms with Gasteiger partial charge in [0.1, 0.15) is 13.2 Å². The average Bonchev–Trinajstić information content (AvgIpc) is 3.47. The fraction of sp³-hybridized carbons (Fsp3) is 0.507. The summed E-state index contributed by atoms with van der Waals surface area (Å²) in [5, 5.41) is 0. The van der Waals surface area contributed by atoms with Crippen molar-refractivity contribution in [1.82, 2.24) is 0 Å². The van der Waals surface area contributed by atoms with Crippen molar-refractivity contribution in [3.8, 4) is 0 Å². The van der Waals surface area contributed by atoms with Crippen molar-refractivity contribution in [2.75, 3.05) is 13.2 Å². The van der Waals surface area contributed by atoms with Crippen LogP contribution in [0.3, 0.4) is 0 Å². The highest BCUT2D eigenvalue weighted by Gasteiger charge is 2.19. The van der Waals surface area contributed by atoms with Crippen LogP contribution < -0.4 is 0 Å². The number of ether oxygens (including phenoxy) is 3. The minimum Gasteiger partial charge on any atom is -0.462 e. The Morgan fingerprint density at radius 1 is 0.247 bits per heavy atom. The lowest BCUT2D eigenvalue weighted by molar-refractivity contribution is -0.167. The summed E-state index contributed by atoms with van der Waals surface area (Å²) >= 11 is 0. The molecule has 1 atom stereocenters. The molecule has 0 N–H and O–H groups in total. The number of allylic oxidation sites excluding steroid dienone is 34. The molecule has 0 rings (SSSR count). The van der Waals surface area contributed by atoms with Crippen molar-refractivity contribution >= 4 is 17.9 Å². The Kier molecular flexibility index (Phi) is 61.6. The molecule has 0 bridgehead atoms. The number of rotatable bonds is 54. The van der Waals surface area contributed by atoms with Gasteiger partial charge >= 0.3 is 17.9 Å². The number of unbranched alkanes of at least 4 members (excludes halogenated alkanes) is 9. The molecule has 0 radical (unpaired) electrons. The molecular weight excluding hydrogens is 997 g/mol. The van der Waals surface area contributed by atoms with E-state index in [1.807, 2.05) is 0 Å². The molecule has 0 fully saturated rings. The Labute approximate surface area is 496 Å². The van der Waals surface area contributed by atoms with Gasteiger partial charge in [0.05, 0.1) is 0 Å². The maximum Gasteiger partial charge on any atom is 0.306 e. The van der Waals surface area contributed by atoms with Crippen molar-refractivity contribution in [1.29, 1.82) is 0 Å². The number of carbonyl (C=O) groups is 3. The van der Waals surface area contributed by atoms with Crippen molar-refractivity contribution in [2.45, 2.75) is 232 Å². The topological polar surface area (TPSA) is 78.9 Å². The minimum atomic E-state index is -0.842. The SMILES string of the molecule is CC/C=C\C/C=C\C/C=C\C/C=C\C/C=C\C/C=C\C/C=C\CCCCCCCC(=O)OCC(COC(=O)CCC/C=C\C/C=C\C/C=C\C/C=C\C/C=C\CC)OC(=O)CCCCC/C=C\C/C=C\C/C=C\C/C=C\C/C=C\CC. The van der Waals surface area contributed by atoms with Crippen LogP contribution in [-0.2, 0) is 28.6 Å². The zero-order valence-electron chi connectivity index (χ0n) is 51.2. The van der Waals surface area contributed by atoms with Gasteiger partial charge in [0.25, 0.3) is 0 Å². The van der Waals surface area contributed by atoms with Gasteiger partial charge in [-0.25, -0.2) is 0 Å². The van der Waals surface area contributed by atoms with Gasteiger partial charge in [-0.15, -0.1) is 0 Å². The lowest BCUT2D eigenvalue weighted by Gasteiger charge is -2.18. The highest BCUT2D eigenvalue weighted by atomic mass is 16.6. The number of hydrogen-bond donors (Lipinski definition) is 0. The largest absolute Gasteiger partial charge is 0.462 e. The van der Waals surface area contributed by atoms with Gasteiger partial charge in [-0.2, -0.15) is 0 Å². The third-order valence-electron chi connectivity index (χ3n) is 12.3. The highest BCUT2D eigenvalue weighted by Crippen LogP contribution is 2.12. The summed E-state index contributed by atoms with van der Waals surface area (Å²) in [6.07, 6.45) is 103. The Bertz CT molecular complexity index is 2000. The smallest absolute Gasteiger partial charge is 0.306 e. The van der Waals surface area contributed by atoms with Crippen LogP contribution >= 0.6 is 0 Å². The number of esters is 3. The Hall–Kier alpha value is -6.01. The van der Waals surface area contributed by atoms with Gasteiger partial charge in [0, 0.05) is 19.3 Å².